The van der Waals surface area contributed by atoms with E-state index in [1.807, 2.05) is 0 Å². The SMILES string of the molecule is CC(=O)NC(CO)c1nc(Cn2nc(-c3ccc(Cl)cc3)n(C[C@H](O)C(F)(F)F)c2=O)nn1-c1ncccc1OC(F)(F)F. The number of carbonyl (C=O) groups is 1. The molecule has 0 fully saturated rings. The molecule has 3 N–H and O–H groups in total. The van der Waals surface area contributed by atoms with Crippen LogP contribution in [-0.4, -0.2) is 75.5 Å². The Balaban J connectivity index is 1.84. The van der Waals surface area contributed by atoms with Crippen LogP contribution in [0, 0.1) is 0 Å². The molecule has 236 valence electrons. The molecule has 13 nitrogen and oxygen atoms in total. The van der Waals surface area contributed by atoms with Gasteiger partial charge in [-0.1, -0.05) is 11.6 Å². The van der Waals surface area contributed by atoms with E-state index in [1.54, 1.807) is 0 Å². The van der Waals surface area contributed by atoms with Crippen molar-refractivity contribution in [2.24, 2.45) is 0 Å². The Morgan fingerprint density at radius 1 is 1.11 bits per heavy atom. The number of amides is 1. The molecular formula is C24H21ClF6N8O5. The number of halogens is 7. The number of aromatic nitrogens is 7. The molecule has 2 atom stereocenters. The zero-order valence-corrected chi connectivity index (χ0v) is 23.0. The van der Waals surface area contributed by atoms with E-state index >= 15 is 0 Å². The van der Waals surface area contributed by atoms with E-state index in [0.717, 1.165) is 29.9 Å². The predicted molar refractivity (Wildman–Crippen MR) is 138 cm³/mol. The Bertz CT molecular complexity index is 1690. The first-order valence-electron chi connectivity index (χ1n) is 12.3. The van der Waals surface area contributed by atoms with Gasteiger partial charge in [0, 0.05) is 23.7 Å². The Morgan fingerprint density at radius 3 is 2.39 bits per heavy atom. The third-order valence-electron chi connectivity index (χ3n) is 5.77. The number of carbonyl (C=O) groups excluding carboxylic acids is 1. The van der Waals surface area contributed by atoms with Crippen LogP contribution in [0.5, 0.6) is 5.75 Å². The van der Waals surface area contributed by atoms with Gasteiger partial charge in [0.25, 0.3) is 0 Å². The van der Waals surface area contributed by atoms with Crippen molar-refractivity contribution in [2.45, 2.75) is 44.7 Å². The highest BCUT2D eigenvalue weighted by molar-refractivity contribution is 6.30. The normalized spacial score (nSPS) is 13.5. The Labute approximate surface area is 247 Å². The fourth-order valence-electron chi connectivity index (χ4n) is 3.93. The van der Waals surface area contributed by atoms with Crippen LogP contribution in [0.15, 0.2) is 47.4 Å². The summed E-state index contributed by atoms with van der Waals surface area (Å²) < 4.78 is 84.8. The van der Waals surface area contributed by atoms with E-state index in [2.05, 4.69) is 30.2 Å². The molecule has 3 aromatic heterocycles. The van der Waals surface area contributed by atoms with Gasteiger partial charge in [-0.05, 0) is 36.4 Å². The van der Waals surface area contributed by atoms with E-state index < -0.39 is 67.5 Å². The summed E-state index contributed by atoms with van der Waals surface area (Å²) in [7, 11) is 0. The van der Waals surface area contributed by atoms with Crippen molar-refractivity contribution >= 4 is 17.5 Å². The number of aliphatic hydroxyl groups excluding tert-OH is 2. The summed E-state index contributed by atoms with van der Waals surface area (Å²) in [5.74, 6) is -3.00. The van der Waals surface area contributed by atoms with Crippen molar-refractivity contribution in [3.8, 4) is 23.0 Å². The van der Waals surface area contributed by atoms with Crippen molar-refractivity contribution in [1.82, 2.24) is 39.4 Å². The maximum atomic E-state index is 13.2. The lowest BCUT2D eigenvalue weighted by Crippen LogP contribution is -2.37. The molecule has 0 radical (unpaired) electrons. The van der Waals surface area contributed by atoms with Crippen molar-refractivity contribution in [3.05, 3.63) is 69.8 Å². The van der Waals surface area contributed by atoms with E-state index in [-0.39, 0.29) is 28.1 Å². The highest BCUT2D eigenvalue weighted by atomic mass is 35.5. The van der Waals surface area contributed by atoms with Gasteiger partial charge in [0.15, 0.2) is 35.1 Å². The number of aliphatic hydroxyl groups is 2. The second kappa shape index (κ2) is 12.6. The van der Waals surface area contributed by atoms with Crippen molar-refractivity contribution < 1.29 is 46.1 Å². The molecule has 3 heterocycles. The molecule has 0 bridgehead atoms. The number of nitrogens with one attached hydrogen (secondary N) is 1. The number of hydrogen-bond acceptors (Lipinski definition) is 9. The number of benzene rings is 1. The van der Waals surface area contributed by atoms with Crippen molar-refractivity contribution in [3.63, 3.8) is 0 Å². The monoisotopic (exact) mass is 650 g/mol. The van der Waals surface area contributed by atoms with Crippen LogP contribution in [0.1, 0.15) is 24.6 Å². The van der Waals surface area contributed by atoms with Gasteiger partial charge in [-0.15, -0.1) is 23.4 Å². The van der Waals surface area contributed by atoms with Crippen LogP contribution in [-0.2, 0) is 17.9 Å². The molecule has 1 amide bonds. The van der Waals surface area contributed by atoms with Gasteiger partial charge < -0.3 is 20.3 Å². The van der Waals surface area contributed by atoms with E-state index in [0.29, 0.717) is 9.25 Å². The summed E-state index contributed by atoms with van der Waals surface area (Å²) in [6.07, 6.45) is -12.1. The molecule has 1 unspecified atom stereocenters. The van der Waals surface area contributed by atoms with Crippen LogP contribution in [0.3, 0.4) is 0 Å². The lowest BCUT2D eigenvalue weighted by Gasteiger charge is -2.17. The third-order valence-corrected chi connectivity index (χ3v) is 6.03. The molecule has 4 rings (SSSR count). The van der Waals surface area contributed by atoms with Crippen LogP contribution >= 0.6 is 11.6 Å². The zero-order valence-electron chi connectivity index (χ0n) is 22.2. The topological polar surface area (TPSA) is 162 Å². The molecule has 0 aliphatic heterocycles. The number of alkyl halides is 6. The third kappa shape index (κ3) is 7.53. The van der Waals surface area contributed by atoms with E-state index in [4.69, 9.17) is 11.6 Å². The average Bonchev–Trinajstić information content (AvgIpc) is 3.48. The first-order chi connectivity index (χ1) is 20.6. The molecule has 44 heavy (non-hydrogen) atoms. The smallest absolute Gasteiger partial charge is 0.402 e. The number of pyridine rings is 1. The molecule has 4 aromatic rings. The van der Waals surface area contributed by atoms with Crippen LogP contribution in [0.25, 0.3) is 17.2 Å². The number of ether oxygens (including phenoxy) is 1. The molecular weight excluding hydrogens is 630 g/mol. The van der Waals surface area contributed by atoms with Crippen LogP contribution < -0.4 is 15.7 Å². The lowest BCUT2D eigenvalue weighted by molar-refractivity contribution is -0.274. The summed E-state index contributed by atoms with van der Waals surface area (Å²) >= 11 is 5.89. The van der Waals surface area contributed by atoms with Crippen molar-refractivity contribution in [1.29, 1.82) is 0 Å². The maximum Gasteiger partial charge on any atom is 0.573 e. The van der Waals surface area contributed by atoms with Gasteiger partial charge in [0.05, 0.1) is 13.2 Å². The second-order valence-corrected chi connectivity index (χ2v) is 9.48. The molecule has 0 aliphatic carbocycles. The standard InChI is InChI=1S/C24H21ClF6N8O5/c1-12(41)33-15(11-40)20-34-18(35-39(20)21-16(3-2-8-32-21)44-24(29,30)31)10-38-22(43)37(9-17(42)23(26,27)28)19(36-38)13-4-6-14(25)7-5-13/h2-8,15,17,40,42H,9-11H2,1H3,(H,33,41)/t15?,17-/m0/s1. The second-order valence-electron chi connectivity index (χ2n) is 9.05. The molecule has 0 aliphatic rings. The van der Waals surface area contributed by atoms with Gasteiger partial charge >= 0.3 is 18.2 Å². The van der Waals surface area contributed by atoms with E-state index in [1.165, 1.54) is 24.3 Å². The van der Waals surface area contributed by atoms with Crippen molar-refractivity contribution in [2.75, 3.05) is 6.61 Å². The maximum absolute atomic E-state index is 13.2. The van der Waals surface area contributed by atoms with Crippen LogP contribution in [0.2, 0.25) is 5.02 Å². The average molecular weight is 651 g/mol. The van der Waals surface area contributed by atoms with Gasteiger partial charge in [-0.25, -0.2) is 19.4 Å². The molecule has 0 spiro atoms. The lowest BCUT2D eigenvalue weighted by atomic mass is 10.2. The van der Waals surface area contributed by atoms with Gasteiger partial charge in [-0.3, -0.25) is 9.36 Å². The first-order valence-corrected chi connectivity index (χ1v) is 12.7. The summed E-state index contributed by atoms with van der Waals surface area (Å²) in [4.78, 5) is 33.0. The number of nitrogens with zero attached hydrogens (tertiary/aromatic N) is 7. The Morgan fingerprint density at radius 2 is 1.80 bits per heavy atom. The van der Waals surface area contributed by atoms with Gasteiger partial charge in [-0.2, -0.15) is 17.9 Å². The summed E-state index contributed by atoms with van der Waals surface area (Å²) in [6, 6.07) is 6.26. The molecule has 1 aromatic carbocycles. The Kier molecular flexibility index (Phi) is 9.30. The quantitative estimate of drug-likeness (QED) is 0.219. The summed E-state index contributed by atoms with van der Waals surface area (Å²) in [6.45, 7) is -1.59. The summed E-state index contributed by atoms with van der Waals surface area (Å²) in [5, 5.41) is 30.4. The minimum absolute atomic E-state index is 0.159. The predicted octanol–water partition coefficient (Wildman–Crippen LogP) is 2.38. The zero-order chi connectivity index (χ0) is 32.4. The largest absolute Gasteiger partial charge is 0.573 e. The van der Waals surface area contributed by atoms with E-state index in [9.17, 15) is 46.1 Å². The fraction of sp³-hybridized carbons (Fsp3) is 0.333. The van der Waals surface area contributed by atoms with Gasteiger partial charge in [0.2, 0.25) is 5.91 Å². The minimum atomic E-state index is -5.14. The Hall–Kier alpha value is -4.49. The highest BCUT2D eigenvalue weighted by Crippen LogP contribution is 2.29. The molecule has 20 heteroatoms. The van der Waals surface area contributed by atoms with Crippen LogP contribution in [0.4, 0.5) is 26.3 Å². The minimum Gasteiger partial charge on any atom is -0.402 e. The summed E-state index contributed by atoms with van der Waals surface area (Å²) in [5.41, 5.74) is -0.970. The molecule has 0 saturated heterocycles. The molecule has 0 saturated carbocycles. The number of rotatable bonds is 10. The first kappa shape index (κ1) is 32.4. The highest BCUT2D eigenvalue weighted by Gasteiger charge is 2.39. The van der Waals surface area contributed by atoms with Gasteiger partial charge in [0.1, 0.15) is 12.6 Å². The number of hydrogen-bond donors (Lipinski definition) is 3. The fourth-order valence-corrected chi connectivity index (χ4v) is 4.06.